The summed E-state index contributed by atoms with van der Waals surface area (Å²) in [5, 5.41) is 5.09. The highest BCUT2D eigenvalue weighted by atomic mass is 35.5. The molecule has 2 aromatic heterocycles. The van der Waals surface area contributed by atoms with Crippen molar-refractivity contribution in [3.63, 3.8) is 0 Å². The molecule has 6 heteroatoms. The van der Waals surface area contributed by atoms with Crippen molar-refractivity contribution in [3.8, 4) is 5.00 Å². The number of carbonyl (C=O) groups excluding carboxylic acids is 1. The second kappa shape index (κ2) is 8.12. The van der Waals surface area contributed by atoms with E-state index in [1.165, 1.54) is 33.8 Å². The van der Waals surface area contributed by atoms with Gasteiger partial charge in [0.25, 0.3) is 0 Å². The Balaban J connectivity index is 1.69. The van der Waals surface area contributed by atoms with Gasteiger partial charge in [0.15, 0.2) is 0 Å². The van der Waals surface area contributed by atoms with Gasteiger partial charge in [0.05, 0.1) is 18.3 Å². The van der Waals surface area contributed by atoms with E-state index < -0.39 is 0 Å². The molecule has 2 amide bonds. The summed E-state index contributed by atoms with van der Waals surface area (Å²) in [4.78, 5) is 16.9. The number of aryl methyl sites for hydroxylation is 1. The fraction of sp³-hybridized carbons (Fsp3) is 0.375. The maximum Gasteiger partial charge on any atom is 0.318 e. The lowest BCUT2D eigenvalue weighted by Gasteiger charge is -2.31. The summed E-state index contributed by atoms with van der Waals surface area (Å²) in [5.74, 6) is 0. The van der Waals surface area contributed by atoms with Crippen LogP contribution in [0.25, 0.3) is 5.00 Å². The van der Waals surface area contributed by atoms with Crippen molar-refractivity contribution in [1.82, 2.24) is 14.8 Å². The van der Waals surface area contributed by atoms with Crippen LogP contribution in [0, 0.1) is 0 Å². The summed E-state index contributed by atoms with van der Waals surface area (Å²) < 4.78 is 2.30. The summed E-state index contributed by atoms with van der Waals surface area (Å²) >= 11 is 8.26. The summed E-state index contributed by atoms with van der Waals surface area (Å²) in [6.07, 6.45) is 7.82. The van der Waals surface area contributed by atoms with E-state index in [0.717, 1.165) is 30.5 Å². The van der Waals surface area contributed by atoms with Crippen molar-refractivity contribution in [2.24, 2.45) is 0 Å². The second-order valence-electron chi connectivity index (χ2n) is 8.12. The number of nitrogens with one attached hydrogen (secondary N) is 1. The Morgan fingerprint density at radius 1 is 1.20 bits per heavy atom. The lowest BCUT2D eigenvalue weighted by atomic mass is 9.95. The molecule has 4 nitrogen and oxygen atoms in total. The molecule has 3 heterocycles. The number of amides is 2. The standard InChI is InChI=1S/C24H26ClN3OS/c1-2-12-26-24(29)28-15-19-18-9-3-4-11-21(18)30-23(19)27-13-6-10-20(27)22(28)16-7-5-8-17(25)14-16/h5-8,10,13-14,22H,2-4,9,11-12,15H2,1H3,(H,26,29)/t22-/m0/s1. The highest BCUT2D eigenvalue weighted by Crippen LogP contribution is 2.44. The van der Waals surface area contributed by atoms with Crippen LogP contribution in [0.4, 0.5) is 4.79 Å². The number of urea groups is 1. The molecule has 0 fully saturated rings. The zero-order chi connectivity index (χ0) is 20.7. The van der Waals surface area contributed by atoms with E-state index in [0.29, 0.717) is 18.1 Å². The minimum Gasteiger partial charge on any atom is -0.338 e. The topological polar surface area (TPSA) is 37.3 Å². The normalized spacial score (nSPS) is 17.7. The summed E-state index contributed by atoms with van der Waals surface area (Å²) in [6.45, 7) is 3.37. The van der Waals surface area contributed by atoms with Crippen LogP contribution in [0.3, 0.4) is 0 Å². The molecule has 1 atom stereocenters. The second-order valence-corrected chi connectivity index (χ2v) is 9.64. The molecule has 0 unspecified atom stereocenters. The molecule has 1 aliphatic carbocycles. The number of benzene rings is 1. The Morgan fingerprint density at radius 2 is 2.07 bits per heavy atom. The molecule has 1 aromatic carbocycles. The quantitative estimate of drug-likeness (QED) is 0.526. The number of thiophene rings is 1. The number of hydrogen-bond donors (Lipinski definition) is 1. The Bertz CT molecular complexity index is 1090. The third kappa shape index (κ3) is 3.34. The molecular formula is C24H26ClN3OS. The summed E-state index contributed by atoms with van der Waals surface area (Å²) in [5.41, 5.74) is 4.95. The van der Waals surface area contributed by atoms with E-state index in [9.17, 15) is 4.79 Å². The van der Waals surface area contributed by atoms with Crippen LogP contribution in [0.2, 0.25) is 5.02 Å². The summed E-state index contributed by atoms with van der Waals surface area (Å²) in [7, 11) is 0. The molecule has 5 rings (SSSR count). The van der Waals surface area contributed by atoms with Gasteiger partial charge in [-0.1, -0.05) is 30.7 Å². The van der Waals surface area contributed by atoms with E-state index >= 15 is 0 Å². The zero-order valence-corrected chi connectivity index (χ0v) is 18.7. The Hall–Kier alpha value is -2.24. The smallest absolute Gasteiger partial charge is 0.318 e. The van der Waals surface area contributed by atoms with E-state index in [1.807, 2.05) is 34.4 Å². The molecule has 0 radical (unpaired) electrons. The number of hydrogen-bond acceptors (Lipinski definition) is 2. The van der Waals surface area contributed by atoms with Crippen LogP contribution >= 0.6 is 22.9 Å². The Morgan fingerprint density at radius 3 is 2.90 bits per heavy atom. The molecule has 0 bridgehead atoms. The average molecular weight is 440 g/mol. The first kappa shape index (κ1) is 19.7. The van der Waals surface area contributed by atoms with Gasteiger partial charge < -0.3 is 14.8 Å². The molecule has 30 heavy (non-hydrogen) atoms. The van der Waals surface area contributed by atoms with Crippen LogP contribution in [0.1, 0.15) is 59.5 Å². The van der Waals surface area contributed by atoms with Gasteiger partial charge >= 0.3 is 6.03 Å². The van der Waals surface area contributed by atoms with Crippen LogP contribution in [0.15, 0.2) is 42.6 Å². The van der Waals surface area contributed by atoms with Gasteiger partial charge in [-0.15, -0.1) is 11.3 Å². The van der Waals surface area contributed by atoms with Crippen LogP contribution in [-0.4, -0.2) is 22.0 Å². The predicted octanol–water partition coefficient (Wildman–Crippen LogP) is 6.10. The summed E-state index contributed by atoms with van der Waals surface area (Å²) in [6, 6.07) is 11.9. The molecule has 3 aromatic rings. The first-order valence-electron chi connectivity index (χ1n) is 10.8. The fourth-order valence-corrected chi connectivity index (χ4v) is 6.35. The first-order valence-corrected chi connectivity index (χ1v) is 12.0. The number of fused-ring (bicyclic) bond motifs is 5. The highest BCUT2D eigenvalue weighted by Gasteiger charge is 2.35. The van der Waals surface area contributed by atoms with E-state index in [2.05, 4.69) is 41.2 Å². The van der Waals surface area contributed by atoms with Crippen molar-refractivity contribution in [2.45, 2.75) is 51.6 Å². The number of rotatable bonds is 3. The van der Waals surface area contributed by atoms with E-state index in [-0.39, 0.29) is 12.1 Å². The number of nitrogens with zero attached hydrogens (tertiary/aromatic N) is 2. The van der Waals surface area contributed by atoms with Crippen molar-refractivity contribution in [3.05, 3.63) is 74.9 Å². The third-order valence-corrected chi connectivity index (χ3v) is 7.70. The average Bonchev–Trinajstić information content (AvgIpc) is 3.34. The lowest BCUT2D eigenvalue weighted by Crippen LogP contribution is -2.42. The molecule has 0 spiro atoms. The van der Waals surface area contributed by atoms with Crippen molar-refractivity contribution in [1.29, 1.82) is 0 Å². The van der Waals surface area contributed by atoms with Gasteiger partial charge in [0.1, 0.15) is 5.00 Å². The van der Waals surface area contributed by atoms with Gasteiger partial charge in [-0.05, 0) is 67.5 Å². The van der Waals surface area contributed by atoms with Crippen LogP contribution in [-0.2, 0) is 19.4 Å². The molecule has 0 saturated heterocycles. The van der Waals surface area contributed by atoms with Gasteiger partial charge in [-0.2, -0.15) is 0 Å². The molecular weight excluding hydrogens is 414 g/mol. The lowest BCUT2D eigenvalue weighted by molar-refractivity contribution is 0.180. The van der Waals surface area contributed by atoms with Gasteiger partial charge in [0, 0.05) is 28.2 Å². The Kier molecular flexibility index (Phi) is 5.34. The fourth-order valence-electron chi connectivity index (χ4n) is 4.75. The first-order chi connectivity index (χ1) is 14.7. The van der Waals surface area contributed by atoms with Crippen molar-refractivity contribution < 1.29 is 4.79 Å². The molecule has 2 aliphatic rings. The van der Waals surface area contributed by atoms with E-state index in [1.54, 1.807) is 0 Å². The van der Waals surface area contributed by atoms with Crippen molar-refractivity contribution in [2.75, 3.05) is 6.54 Å². The third-order valence-electron chi connectivity index (χ3n) is 6.13. The highest BCUT2D eigenvalue weighted by molar-refractivity contribution is 7.15. The minimum atomic E-state index is -0.186. The van der Waals surface area contributed by atoms with Crippen molar-refractivity contribution >= 4 is 29.0 Å². The van der Waals surface area contributed by atoms with Crippen LogP contribution in [0.5, 0.6) is 0 Å². The van der Waals surface area contributed by atoms with Crippen LogP contribution < -0.4 is 5.32 Å². The molecule has 0 saturated carbocycles. The molecule has 1 aliphatic heterocycles. The minimum absolute atomic E-state index is 0.0156. The van der Waals surface area contributed by atoms with E-state index in [4.69, 9.17) is 11.6 Å². The van der Waals surface area contributed by atoms with Gasteiger partial charge in [-0.25, -0.2) is 4.79 Å². The Labute approximate surface area is 186 Å². The van der Waals surface area contributed by atoms with Gasteiger partial charge in [0.2, 0.25) is 0 Å². The molecule has 1 N–H and O–H groups in total. The van der Waals surface area contributed by atoms with Gasteiger partial charge in [-0.3, -0.25) is 0 Å². The molecule has 156 valence electrons. The monoisotopic (exact) mass is 439 g/mol. The predicted molar refractivity (Wildman–Crippen MR) is 123 cm³/mol. The number of aromatic nitrogens is 1. The number of halogens is 1. The maximum atomic E-state index is 13.4. The maximum absolute atomic E-state index is 13.4. The zero-order valence-electron chi connectivity index (χ0n) is 17.2. The number of carbonyl (C=O) groups is 1. The SMILES string of the molecule is CCCNC(=O)N1Cc2c(sc3c2CCCC3)-n2cccc2[C@@H]1c1cccc(Cl)c1. The largest absolute Gasteiger partial charge is 0.338 e.